The molecular formula is C38H32F3IrN2O3Si-. The molecule has 48 heavy (non-hydrogen) atoms. The van der Waals surface area contributed by atoms with Gasteiger partial charge in [0.15, 0.2) is 11.5 Å². The summed E-state index contributed by atoms with van der Waals surface area (Å²) in [5, 5.41) is 12.9. The van der Waals surface area contributed by atoms with E-state index >= 15 is 0 Å². The zero-order valence-electron chi connectivity index (χ0n) is 26.9. The first-order chi connectivity index (χ1) is 22.2. The molecule has 0 spiro atoms. The molecule has 0 saturated heterocycles. The Bertz CT molecular complexity index is 2190. The number of furan rings is 1. The monoisotopic (exact) mass is 842 g/mol. The second kappa shape index (κ2) is 14.3. The summed E-state index contributed by atoms with van der Waals surface area (Å²) < 4.78 is 41.0. The van der Waals surface area contributed by atoms with E-state index in [9.17, 15) is 18.0 Å². The topological polar surface area (TPSA) is 67.7 Å². The number of halogens is 3. The number of aromatic nitrogens is 1. The van der Waals surface area contributed by atoms with Gasteiger partial charge in [-0.2, -0.15) is 13.2 Å². The predicted octanol–water partition coefficient (Wildman–Crippen LogP) is 10.6. The van der Waals surface area contributed by atoms with Crippen molar-refractivity contribution in [2.24, 2.45) is 5.92 Å². The molecule has 0 aliphatic rings. The number of alkyl halides is 3. The van der Waals surface area contributed by atoms with E-state index in [1.165, 1.54) is 24.6 Å². The Labute approximate surface area is 291 Å². The fourth-order valence-electron chi connectivity index (χ4n) is 4.97. The fourth-order valence-corrected chi connectivity index (χ4v) is 6.14. The van der Waals surface area contributed by atoms with Crippen molar-refractivity contribution in [3.05, 3.63) is 114 Å². The van der Waals surface area contributed by atoms with Crippen molar-refractivity contribution in [1.82, 2.24) is 4.98 Å². The van der Waals surface area contributed by atoms with Crippen molar-refractivity contribution in [3.63, 3.8) is 0 Å². The molecule has 10 heteroatoms. The van der Waals surface area contributed by atoms with Crippen LogP contribution in [0, 0.1) is 18.6 Å². The first-order valence-corrected chi connectivity index (χ1v) is 18.4. The first kappa shape index (κ1) is 36.3. The van der Waals surface area contributed by atoms with Crippen molar-refractivity contribution >= 4 is 57.6 Å². The molecule has 247 valence electrons. The van der Waals surface area contributed by atoms with E-state index in [0.29, 0.717) is 11.3 Å². The Morgan fingerprint density at radius 3 is 2.25 bits per heavy atom. The molecule has 6 rings (SSSR count). The van der Waals surface area contributed by atoms with Crippen LogP contribution in [0.4, 0.5) is 18.9 Å². The molecule has 0 amide bonds. The van der Waals surface area contributed by atoms with Crippen LogP contribution in [-0.2, 0) is 24.9 Å². The van der Waals surface area contributed by atoms with Gasteiger partial charge in [-0.05, 0) is 34.3 Å². The van der Waals surface area contributed by atoms with Crippen molar-refractivity contribution in [3.8, 4) is 22.4 Å². The number of benzene rings is 4. The van der Waals surface area contributed by atoms with Crippen LogP contribution in [0.3, 0.4) is 0 Å². The number of carbonyl (C=O) groups is 1. The number of aliphatic hydroxyl groups is 1. The third kappa shape index (κ3) is 7.93. The van der Waals surface area contributed by atoms with Gasteiger partial charge in [0.2, 0.25) is 5.76 Å². The van der Waals surface area contributed by atoms with E-state index in [4.69, 9.17) is 21.1 Å². The van der Waals surface area contributed by atoms with Crippen LogP contribution < -0.4 is 5.19 Å². The van der Waals surface area contributed by atoms with E-state index in [2.05, 4.69) is 79.1 Å². The Morgan fingerprint density at radius 2 is 1.62 bits per heavy atom. The summed E-state index contributed by atoms with van der Waals surface area (Å²) in [6.07, 6.45) is -4.63. The number of carbonyl (C=O) groups excluding carboxylic acids is 1. The van der Waals surface area contributed by atoms with Gasteiger partial charge in [0.25, 0.3) is 0 Å². The van der Waals surface area contributed by atoms with Crippen LogP contribution >= 0.6 is 0 Å². The van der Waals surface area contributed by atoms with E-state index < -0.39 is 31.7 Å². The second-order valence-electron chi connectivity index (χ2n) is 12.5. The Kier molecular flexibility index (Phi) is 10.8. The molecule has 2 aromatic heterocycles. The zero-order valence-corrected chi connectivity index (χ0v) is 30.3. The maximum Gasteiger partial charge on any atom is 0.448 e. The third-order valence-corrected chi connectivity index (χ3v) is 9.78. The maximum absolute atomic E-state index is 11.6. The number of ketones is 1. The van der Waals surface area contributed by atoms with E-state index in [0.717, 1.165) is 44.1 Å². The minimum absolute atomic E-state index is 0. The summed E-state index contributed by atoms with van der Waals surface area (Å²) in [7, 11) is -1.33. The van der Waals surface area contributed by atoms with Gasteiger partial charge in [-0.25, -0.2) is 4.85 Å². The molecule has 0 bridgehead atoms. The molecule has 0 aliphatic carbocycles. The minimum Gasteiger partial charge on any atom is -0.504 e. The largest absolute Gasteiger partial charge is 0.504 e. The van der Waals surface area contributed by atoms with Gasteiger partial charge < -0.3 is 9.52 Å². The molecule has 0 unspecified atom stereocenters. The smallest absolute Gasteiger partial charge is 0.448 e. The molecule has 1 N–H and O–H groups in total. The van der Waals surface area contributed by atoms with Crippen LogP contribution in [0.15, 0.2) is 101 Å². The van der Waals surface area contributed by atoms with E-state index in [1.807, 2.05) is 30.3 Å². The number of hydrogen-bond acceptors (Lipinski definition) is 4. The van der Waals surface area contributed by atoms with Crippen LogP contribution in [0.5, 0.6) is 0 Å². The Hall–Kier alpha value is -4.55. The third-order valence-electron chi connectivity index (χ3n) is 7.72. The molecular weight excluding hydrogens is 810 g/mol. The van der Waals surface area contributed by atoms with Crippen LogP contribution in [0.25, 0.3) is 60.1 Å². The van der Waals surface area contributed by atoms with Crippen molar-refractivity contribution in [1.29, 1.82) is 0 Å². The molecule has 2 heterocycles. The number of nitrogens with zero attached hydrogens (tertiary/aromatic N) is 2. The predicted molar refractivity (Wildman–Crippen MR) is 185 cm³/mol. The average Bonchev–Trinajstić information content (AvgIpc) is 3.41. The molecule has 1 radical (unpaired) electrons. The summed E-state index contributed by atoms with van der Waals surface area (Å²) in [4.78, 5) is 19.2. The summed E-state index contributed by atoms with van der Waals surface area (Å²) in [5.41, 5.74) is 6.95. The van der Waals surface area contributed by atoms with Gasteiger partial charge in [-0.15, -0.1) is 18.2 Å². The van der Waals surface area contributed by atoms with E-state index in [1.54, 1.807) is 6.07 Å². The van der Waals surface area contributed by atoms with Crippen LogP contribution in [0.1, 0.15) is 13.8 Å². The van der Waals surface area contributed by atoms with E-state index in [-0.39, 0.29) is 26.2 Å². The summed E-state index contributed by atoms with van der Waals surface area (Å²) >= 11 is 0. The molecule has 6 aromatic rings. The SMILES string of the molecule is CC(C)C(=O)/C=C(\O)C(F)(F)F.[C-]#[N+]c1ccc2c(c1)oc1c(-c3ccc4ccc(-c5ccc([Si](C)(C)C)cc5)cc4n3)[c-]ccc12.[Ir]. The standard InChI is InChI=1S/C31H23N2OSi.C7H9F3O2.Ir/c1-32-23-13-16-25-26-6-5-7-27(31(26)34-30(25)19-23)28-17-12-21-8-9-22(18-29(21)33-28)20-10-14-24(15-11-20)35(2,3)4;1-4(2)5(11)3-6(12)7(8,9)10;/h5-6,8-19H,2-4H3;3-4,12H,1-2H3;/q-1;;/b;6-3-;. The second-order valence-corrected chi connectivity index (χ2v) is 17.6. The summed E-state index contributed by atoms with van der Waals surface area (Å²) in [6.45, 7) is 17.3. The number of fused-ring (bicyclic) bond motifs is 4. The fraction of sp³-hybridized carbons (Fsp3) is 0.184. The van der Waals surface area contributed by atoms with Crippen molar-refractivity contribution < 1.29 is 47.6 Å². The number of allylic oxidation sites excluding steroid dienone is 2. The van der Waals surface area contributed by atoms with Gasteiger partial charge in [0.05, 0.1) is 25.7 Å². The van der Waals surface area contributed by atoms with Gasteiger partial charge in [-0.1, -0.05) is 110 Å². The number of hydrogen-bond donors (Lipinski definition) is 1. The van der Waals surface area contributed by atoms with Gasteiger partial charge in [-0.3, -0.25) is 9.78 Å². The Balaban J connectivity index is 0.000000345. The average molecular weight is 842 g/mol. The van der Waals surface area contributed by atoms with Gasteiger partial charge >= 0.3 is 6.18 Å². The molecule has 0 atom stereocenters. The zero-order chi connectivity index (χ0) is 34.1. The molecule has 0 aliphatic heterocycles. The minimum atomic E-state index is -4.83. The quantitative estimate of drug-likeness (QED) is 0.0813. The number of rotatable bonds is 5. The number of aliphatic hydroxyl groups excluding tert-OH is 1. The van der Waals surface area contributed by atoms with Gasteiger partial charge in [0, 0.05) is 37.5 Å². The first-order valence-electron chi connectivity index (χ1n) is 14.9. The molecule has 4 aromatic carbocycles. The van der Waals surface area contributed by atoms with Crippen molar-refractivity contribution in [2.45, 2.75) is 39.7 Å². The van der Waals surface area contributed by atoms with Crippen LogP contribution in [-0.4, -0.2) is 30.1 Å². The molecule has 0 fully saturated rings. The van der Waals surface area contributed by atoms with Gasteiger partial charge in [0.1, 0.15) is 5.58 Å². The maximum atomic E-state index is 11.6. The summed E-state index contributed by atoms with van der Waals surface area (Å²) in [6, 6.07) is 32.4. The molecule has 0 saturated carbocycles. The number of pyridine rings is 1. The van der Waals surface area contributed by atoms with Crippen LogP contribution in [0.2, 0.25) is 19.6 Å². The molecule has 5 nitrogen and oxygen atoms in total. The Morgan fingerprint density at radius 1 is 0.958 bits per heavy atom. The summed E-state index contributed by atoms with van der Waals surface area (Å²) in [5.74, 6) is -3.14. The normalized spacial score (nSPS) is 12.0. The van der Waals surface area contributed by atoms with Crippen molar-refractivity contribution in [2.75, 3.05) is 0 Å².